The molecule has 0 aliphatic carbocycles. The summed E-state index contributed by atoms with van der Waals surface area (Å²) < 4.78 is 0. The highest BCUT2D eigenvalue weighted by Crippen LogP contribution is 2.25. The molecule has 0 amide bonds. The second-order valence-corrected chi connectivity index (χ2v) is 4.45. The molecule has 2 aromatic rings. The quantitative estimate of drug-likeness (QED) is 0.835. The van der Waals surface area contributed by atoms with Gasteiger partial charge < -0.3 is 5.11 Å². The average Bonchev–Trinajstić information content (AvgIpc) is 2.39. The Bertz CT molecular complexity index is 568. The second kappa shape index (κ2) is 5.15. The van der Waals surface area contributed by atoms with Crippen molar-refractivity contribution in [2.24, 2.45) is 0 Å². The van der Waals surface area contributed by atoms with Crippen molar-refractivity contribution < 1.29 is 9.90 Å². The molecule has 0 aliphatic rings. The molecule has 2 rings (SSSR count). The number of benzene rings is 2. The minimum atomic E-state index is 0.0179. The maximum atomic E-state index is 11.2. The van der Waals surface area contributed by atoms with Gasteiger partial charge in [-0.2, -0.15) is 0 Å². The summed E-state index contributed by atoms with van der Waals surface area (Å²) in [5.41, 5.74) is 4.80. The molecular formula is C16H16O2. The van der Waals surface area contributed by atoms with Crippen LogP contribution < -0.4 is 0 Å². The van der Waals surface area contributed by atoms with Crippen molar-refractivity contribution in [1.82, 2.24) is 0 Å². The van der Waals surface area contributed by atoms with Gasteiger partial charge in [-0.1, -0.05) is 48.0 Å². The van der Waals surface area contributed by atoms with E-state index in [1.54, 1.807) is 6.92 Å². The molecule has 2 heteroatoms. The standard InChI is InChI=1S/C16H16O2/c1-11-3-4-15(10-17)16(9-11)14-7-5-13(6-8-14)12(2)18/h3-9,17H,10H2,1-2H3. The van der Waals surface area contributed by atoms with Gasteiger partial charge in [-0.3, -0.25) is 4.79 Å². The molecule has 0 aromatic heterocycles. The summed E-state index contributed by atoms with van der Waals surface area (Å²) in [6.07, 6.45) is 0. The third-order valence-electron chi connectivity index (χ3n) is 3.04. The Morgan fingerprint density at radius 1 is 1.11 bits per heavy atom. The fourth-order valence-corrected chi connectivity index (χ4v) is 1.98. The van der Waals surface area contributed by atoms with Gasteiger partial charge in [0.2, 0.25) is 0 Å². The van der Waals surface area contributed by atoms with E-state index < -0.39 is 0 Å². The van der Waals surface area contributed by atoms with E-state index in [1.165, 1.54) is 0 Å². The third kappa shape index (κ3) is 2.49. The van der Waals surface area contributed by atoms with E-state index in [2.05, 4.69) is 0 Å². The minimum Gasteiger partial charge on any atom is -0.392 e. The number of hydrogen-bond acceptors (Lipinski definition) is 2. The highest BCUT2D eigenvalue weighted by molar-refractivity contribution is 5.94. The molecule has 0 aliphatic heterocycles. The number of carbonyl (C=O) groups excluding carboxylic acids is 1. The van der Waals surface area contributed by atoms with Crippen LogP contribution in [0.5, 0.6) is 0 Å². The number of aliphatic hydroxyl groups excluding tert-OH is 1. The largest absolute Gasteiger partial charge is 0.392 e. The monoisotopic (exact) mass is 240 g/mol. The summed E-state index contributed by atoms with van der Waals surface area (Å²) in [5.74, 6) is 0.0631. The molecule has 0 saturated carbocycles. The van der Waals surface area contributed by atoms with Gasteiger partial charge in [0, 0.05) is 5.56 Å². The predicted octanol–water partition coefficient (Wildman–Crippen LogP) is 3.36. The summed E-state index contributed by atoms with van der Waals surface area (Å²) in [7, 11) is 0. The molecule has 0 saturated heterocycles. The molecule has 0 heterocycles. The first-order valence-electron chi connectivity index (χ1n) is 5.93. The van der Waals surface area contributed by atoms with Crippen molar-refractivity contribution in [3.63, 3.8) is 0 Å². The molecule has 2 aromatic carbocycles. The molecule has 0 spiro atoms. The van der Waals surface area contributed by atoms with Crippen LogP contribution in [0.1, 0.15) is 28.4 Å². The number of Topliss-reactive ketones (excluding diaryl/α,β-unsaturated/α-hetero) is 1. The Labute approximate surface area is 107 Å². The van der Waals surface area contributed by atoms with Gasteiger partial charge in [-0.25, -0.2) is 0 Å². The van der Waals surface area contributed by atoms with Gasteiger partial charge in [0.25, 0.3) is 0 Å². The first-order valence-corrected chi connectivity index (χ1v) is 5.93. The van der Waals surface area contributed by atoms with E-state index in [-0.39, 0.29) is 12.4 Å². The number of ketones is 1. The van der Waals surface area contributed by atoms with Crippen LogP contribution in [-0.2, 0) is 6.61 Å². The number of aryl methyl sites for hydroxylation is 1. The van der Waals surface area contributed by atoms with Crippen molar-refractivity contribution in [1.29, 1.82) is 0 Å². The molecule has 18 heavy (non-hydrogen) atoms. The van der Waals surface area contributed by atoms with Crippen molar-refractivity contribution in [2.45, 2.75) is 20.5 Å². The van der Waals surface area contributed by atoms with Crippen LogP contribution in [0.3, 0.4) is 0 Å². The molecule has 2 nitrogen and oxygen atoms in total. The molecule has 92 valence electrons. The number of aliphatic hydroxyl groups is 1. The van der Waals surface area contributed by atoms with Crippen molar-refractivity contribution in [2.75, 3.05) is 0 Å². The molecular weight excluding hydrogens is 224 g/mol. The molecule has 1 N–H and O–H groups in total. The van der Waals surface area contributed by atoms with Crippen molar-refractivity contribution in [3.05, 3.63) is 59.2 Å². The van der Waals surface area contributed by atoms with Gasteiger partial charge in [-0.05, 0) is 30.5 Å². The molecule has 0 atom stereocenters. The summed E-state index contributed by atoms with van der Waals surface area (Å²) in [6.45, 7) is 3.60. The van der Waals surface area contributed by atoms with Gasteiger partial charge in [0.1, 0.15) is 0 Å². The lowest BCUT2D eigenvalue weighted by atomic mass is 9.97. The van der Waals surface area contributed by atoms with Crippen LogP contribution in [0.15, 0.2) is 42.5 Å². The Morgan fingerprint density at radius 3 is 2.33 bits per heavy atom. The highest BCUT2D eigenvalue weighted by atomic mass is 16.3. The van der Waals surface area contributed by atoms with E-state index in [9.17, 15) is 9.90 Å². The zero-order chi connectivity index (χ0) is 13.1. The van der Waals surface area contributed by atoms with Gasteiger partial charge in [0.05, 0.1) is 6.61 Å². The molecule has 0 unspecified atom stereocenters. The third-order valence-corrected chi connectivity index (χ3v) is 3.04. The maximum absolute atomic E-state index is 11.2. The lowest BCUT2D eigenvalue weighted by Gasteiger charge is -2.09. The SMILES string of the molecule is CC(=O)c1ccc(-c2cc(C)ccc2CO)cc1. The average molecular weight is 240 g/mol. The van der Waals surface area contributed by atoms with Crippen molar-refractivity contribution >= 4 is 5.78 Å². The summed E-state index contributed by atoms with van der Waals surface area (Å²) in [4.78, 5) is 11.2. The summed E-state index contributed by atoms with van der Waals surface area (Å²) >= 11 is 0. The van der Waals surface area contributed by atoms with E-state index in [0.717, 1.165) is 22.3 Å². The summed E-state index contributed by atoms with van der Waals surface area (Å²) in [6, 6.07) is 13.5. The lowest BCUT2D eigenvalue weighted by Crippen LogP contribution is -1.93. The smallest absolute Gasteiger partial charge is 0.159 e. The fraction of sp³-hybridized carbons (Fsp3) is 0.188. The maximum Gasteiger partial charge on any atom is 0.159 e. The predicted molar refractivity (Wildman–Crippen MR) is 72.5 cm³/mol. The van der Waals surface area contributed by atoms with Crippen LogP contribution in [0, 0.1) is 6.92 Å². The van der Waals surface area contributed by atoms with E-state index in [0.29, 0.717) is 5.56 Å². The van der Waals surface area contributed by atoms with Crippen LogP contribution in [0.2, 0.25) is 0 Å². The zero-order valence-electron chi connectivity index (χ0n) is 10.6. The highest BCUT2D eigenvalue weighted by Gasteiger charge is 2.06. The van der Waals surface area contributed by atoms with Gasteiger partial charge >= 0.3 is 0 Å². The van der Waals surface area contributed by atoms with E-state index >= 15 is 0 Å². The molecule has 0 bridgehead atoms. The second-order valence-electron chi connectivity index (χ2n) is 4.45. The van der Waals surface area contributed by atoms with E-state index in [4.69, 9.17) is 0 Å². The Hall–Kier alpha value is -1.93. The van der Waals surface area contributed by atoms with Crippen LogP contribution in [-0.4, -0.2) is 10.9 Å². The first-order chi connectivity index (χ1) is 8.61. The van der Waals surface area contributed by atoms with Crippen molar-refractivity contribution in [3.8, 4) is 11.1 Å². The van der Waals surface area contributed by atoms with Crippen LogP contribution in [0.25, 0.3) is 11.1 Å². The minimum absolute atomic E-state index is 0.0179. The topological polar surface area (TPSA) is 37.3 Å². The number of hydrogen-bond donors (Lipinski definition) is 1. The Morgan fingerprint density at radius 2 is 1.78 bits per heavy atom. The Kier molecular flexibility index (Phi) is 3.58. The van der Waals surface area contributed by atoms with Crippen LogP contribution in [0.4, 0.5) is 0 Å². The number of carbonyl (C=O) groups is 1. The lowest BCUT2D eigenvalue weighted by molar-refractivity contribution is 0.101. The fourth-order valence-electron chi connectivity index (χ4n) is 1.98. The molecule has 0 radical (unpaired) electrons. The van der Waals surface area contributed by atoms with Crippen LogP contribution >= 0.6 is 0 Å². The summed E-state index contributed by atoms with van der Waals surface area (Å²) in [5, 5.41) is 9.36. The first kappa shape index (κ1) is 12.5. The Balaban J connectivity index is 2.48. The van der Waals surface area contributed by atoms with Gasteiger partial charge in [0.15, 0.2) is 5.78 Å². The van der Waals surface area contributed by atoms with E-state index in [1.807, 2.05) is 49.4 Å². The normalized spacial score (nSPS) is 10.4. The van der Waals surface area contributed by atoms with Gasteiger partial charge in [-0.15, -0.1) is 0 Å². The number of rotatable bonds is 3. The molecule has 0 fully saturated rings. The zero-order valence-corrected chi connectivity index (χ0v) is 10.6.